The van der Waals surface area contributed by atoms with Crippen molar-refractivity contribution >= 4 is 47.2 Å². The summed E-state index contributed by atoms with van der Waals surface area (Å²) in [6, 6.07) is 12.4. The second kappa shape index (κ2) is 6.80. The molecule has 2 aliphatic rings. The maximum absolute atomic E-state index is 13.0. The van der Waals surface area contributed by atoms with E-state index in [0.29, 0.717) is 13.2 Å². The number of nitrogens with two attached hydrogens (primary N) is 1. The predicted molar refractivity (Wildman–Crippen MR) is 132 cm³/mol. The summed E-state index contributed by atoms with van der Waals surface area (Å²) in [5.74, 6) is 6.73. The van der Waals surface area contributed by atoms with Gasteiger partial charge in [0, 0.05) is 25.7 Å². The minimum Gasteiger partial charge on any atom is -0.386 e. The minimum absolute atomic E-state index is 0.0639. The van der Waals surface area contributed by atoms with Gasteiger partial charge in [-0.05, 0) is 63.6 Å². The van der Waals surface area contributed by atoms with E-state index in [1.165, 1.54) is 4.70 Å². The molecule has 1 atom stereocenters. The molecule has 3 heterocycles. The number of fused-ring (bicyclic) bond motifs is 3. The number of amidine groups is 1. The number of aliphatic imine (C=N–C) groups is 1. The summed E-state index contributed by atoms with van der Waals surface area (Å²) in [7, 11) is -3.46. The van der Waals surface area contributed by atoms with E-state index in [1.54, 1.807) is 25.2 Å². The van der Waals surface area contributed by atoms with Gasteiger partial charge in [-0.1, -0.05) is 17.9 Å². The number of hydrogen-bond donors (Lipinski definition) is 1. The molecule has 0 unspecified atom stereocenters. The zero-order valence-electron chi connectivity index (χ0n) is 18.7. The van der Waals surface area contributed by atoms with Gasteiger partial charge in [-0.3, -0.25) is 4.99 Å². The second-order valence-corrected chi connectivity index (χ2v) is 13.5. The fourth-order valence-electron chi connectivity index (χ4n) is 4.18. The number of ether oxygens (including phenoxy) is 1. The molecule has 0 spiro atoms. The van der Waals surface area contributed by atoms with Gasteiger partial charge < -0.3 is 10.5 Å². The Kier molecular flexibility index (Phi) is 4.56. The molecule has 0 saturated carbocycles. The number of nitrogens with zero attached hydrogens (tertiary/aromatic N) is 1. The van der Waals surface area contributed by atoms with Crippen LogP contribution in [-0.4, -0.2) is 38.0 Å². The first-order valence-electron chi connectivity index (χ1n) is 10.6. The van der Waals surface area contributed by atoms with Crippen molar-refractivity contribution in [3.8, 4) is 11.8 Å². The maximum atomic E-state index is 13.0. The summed E-state index contributed by atoms with van der Waals surface area (Å²) in [6.45, 7) is 8.55. The van der Waals surface area contributed by atoms with Crippen LogP contribution >= 0.6 is 11.3 Å². The Morgan fingerprint density at radius 3 is 2.31 bits per heavy atom. The molecule has 7 heteroatoms. The molecular formula is C25H26N2O3S2. The Hall–Kier alpha value is -2.40. The largest absolute Gasteiger partial charge is 0.386 e. The van der Waals surface area contributed by atoms with Crippen molar-refractivity contribution in [2.24, 2.45) is 16.1 Å². The number of thiophene rings is 1. The fourth-order valence-corrected chi connectivity index (χ4v) is 6.95. The highest BCUT2D eigenvalue weighted by molar-refractivity contribution is 7.93. The van der Waals surface area contributed by atoms with Gasteiger partial charge >= 0.3 is 0 Å². The van der Waals surface area contributed by atoms with E-state index in [0.717, 1.165) is 26.6 Å². The summed E-state index contributed by atoms with van der Waals surface area (Å²) < 4.78 is 32.4. The lowest BCUT2D eigenvalue weighted by molar-refractivity contribution is -0.0648. The lowest BCUT2D eigenvalue weighted by Gasteiger charge is -2.37. The molecule has 166 valence electrons. The van der Waals surface area contributed by atoms with Gasteiger partial charge in [-0.15, -0.1) is 11.3 Å². The smallest absolute Gasteiger partial charge is 0.165 e. The van der Waals surface area contributed by atoms with E-state index < -0.39 is 20.1 Å². The Balaban J connectivity index is 1.62. The number of hydrogen-bond acceptors (Lipinski definition) is 6. The summed E-state index contributed by atoms with van der Waals surface area (Å²) in [5.41, 5.74) is 6.97. The van der Waals surface area contributed by atoms with Crippen LogP contribution in [-0.2, 0) is 20.1 Å². The zero-order chi connectivity index (χ0) is 22.9. The van der Waals surface area contributed by atoms with Crippen LogP contribution in [0.4, 0.5) is 0 Å². The summed E-state index contributed by atoms with van der Waals surface area (Å²) >= 11 is 1.72. The average Bonchev–Trinajstić information content (AvgIpc) is 3.06. The molecule has 0 amide bonds. The Bertz CT molecular complexity index is 1470. The van der Waals surface area contributed by atoms with Crippen LogP contribution in [0.3, 0.4) is 0 Å². The van der Waals surface area contributed by atoms with Crippen molar-refractivity contribution in [1.82, 2.24) is 0 Å². The molecule has 5 nitrogen and oxygen atoms in total. The van der Waals surface area contributed by atoms with Crippen molar-refractivity contribution in [2.75, 3.05) is 19.0 Å². The van der Waals surface area contributed by atoms with Crippen LogP contribution < -0.4 is 5.73 Å². The third kappa shape index (κ3) is 3.24. The molecule has 1 aromatic heterocycles. The highest BCUT2D eigenvalue weighted by Gasteiger charge is 2.48. The van der Waals surface area contributed by atoms with Gasteiger partial charge in [0.05, 0.1) is 29.9 Å². The Labute approximate surface area is 192 Å². The van der Waals surface area contributed by atoms with Crippen LogP contribution in [0.15, 0.2) is 41.4 Å². The fraction of sp³-hybridized carbons (Fsp3) is 0.400. The minimum atomic E-state index is -3.46. The zero-order valence-corrected chi connectivity index (χ0v) is 20.3. The summed E-state index contributed by atoms with van der Waals surface area (Å²) in [6.07, 6.45) is 0. The van der Waals surface area contributed by atoms with E-state index in [2.05, 4.69) is 54.1 Å². The van der Waals surface area contributed by atoms with Crippen LogP contribution in [0.1, 0.15) is 38.8 Å². The molecule has 0 radical (unpaired) electrons. The normalized spacial score (nSPS) is 25.6. The van der Waals surface area contributed by atoms with Crippen LogP contribution in [0.5, 0.6) is 0 Å². The quantitative estimate of drug-likeness (QED) is 0.545. The molecule has 2 aliphatic heterocycles. The molecule has 2 aromatic carbocycles. The molecule has 0 aliphatic carbocycles. The van der Waals surface area contributed by atoms with Crippen LogP contribution in [0.2, 0.25) is 0 Å². The molecule has 0 bridgehead atoms. The van der Waals surface area contributed by atoms with Gasteiger partial charge in [0.1, 0.15) is 10.6 Å². The van der Waals surface area contributed by atoms with Gasteiger partial charge in [0.15, 0.2) is 9.84 Å². The highest BCUT2D eigenvalue weighted by Crippen LogP contribution is 2.41. The predicted octanol–water partition coefficient (Wildman–Crippen LogP) is 4.22. The molecular weight excluding hydrogens is 440 g/mol. The standard InChI is InChI=1S/C25H26N2O3S2/c1-23(2)22(26)27-25(4,15-32(23,28)29)17-6-8-21-19(12-17)18-11-16(5-7-20(18)31-21)9-10-24(3)13-30-14-24/h5-8,11-12H,13-15H2,1-4H3,(H2,26,27)/t25-/m0/s1. The molecule has 3 aromatic rings. The highest BCUT2D eigenvalue weighted by atomic mass is 32.2. The monoisotopic (exact) mass is 466 g/mol. The van der Waals surface area contributed by atoms with Gasteiger partial charge in [-0.25, -0.2) is 8.42 Å². The van der Waals surface area contributed by atoms with E-state index in [9.17, 15) is 8.42 Å². The van der Waals surface area contributed by atoms with E-state index in [-0.39, 0.29) is 17.0 Å². The van der Waals surface area contributed by atoms with Crippen LogP contribution in [0.25, 0.3) is 20.2 Å². The van der Waals surface area contributed by atoms with Gasteiger partial charge in [0.2, 0.25) is 0 Å². The van der Waals surface area contributed by atoms with Crippen molar-refractivity contribution < 1.29 is 13.2 Å². The van der Waals surface area contributed by atoms with Crippen molar-refractivity contribution in [2.45, 2.75) is 38.0 Å². The van der Waals surface area contributed by atoms with Crippen molar-refractivity contribution in [3.63, 3.8) is 0 Å². The Morgan fingerprint density at radius 1 is 1.03 bits per heavy atom. The third-order valence-electron chi connectivity index (χ3n) is 6.67. The molecule has 32 heavy (non-hydrogen) atoms. The topological polar surface area (TPSA) is 81.8 Å². The third-order valence-corrected chi connectivity index (χ3v) is 10.5. The summed E-state index contributed by atoms with van der Waals surface area (Å²) in [4.78, 5) is 4.68. The first kappa shape index (κ1) is 21.4. The SMILES string of the molecule is CC1(C#Cc2ccc3sc4ccc([C@]5(C)CS(=O)(=O)C(C)(C)C(N)=N5)cc4c3c2)COC1. The lowest BCUT2D eigenvalue weighted by Crippen LogP contribution is -2.54. The van der Waals surface area contributed by atoms with Gasteiger partial charge in [-0.2, -0.15) is 0 Å². The Morgan fingerprint density at radius 2 is 1.69 bits per heavy atom. The van der Waals surface area contributed by atoms with E-state index in [1.807, 2.05) is 13.0 Å². The number of sulfone groups is 1. The van der Waals surface area contributed by atoms with Gasteiger partial charge in [0.25, 0.3) is 0 Å². The van der Waals surface area contributed by atoms with Crippen LogP contribution in [0, 0.1) is 17.3 Å². The lowest BCUT2D eigenvalue weighted by atomic mass is 9.89. The molecule has 5 rings (SSSR count). The molecule has 1 fully saturated rings. The van der Waals surface area contributed by atoms with Crippen molar-refractivity contribution in [3.05, 3.63) is 47.5 Å². The maximum Gasteiger partial charge on any atom is 0.165 e. The first-order valence-corrected chi connectivity index (χ1v) is 13.1. The van der Waals surface area contributed by atoms with E-state index >= 15 is 0 Å². The molecule has 1 saturated heterocycles. The van der Waals surface area contributed by atoms with Crippen molar-refractivity contribution in [1.29, 1.82) is 0 Å². The number of benzene rings is 2. The average molecular weight is 467 g/mol. The van der Waals surface area contributed by atoms with E-state index in [4.69, 9.17) is 10.5 Å². The summed E-state index contributed by atoms with van der Waals surface area (Å²) in [5, 5.41) is 2.20. The second-order valence-electron chi connectivity index (χ2n) is 9.87. The molecule has 2 N–H and O–H groups in total. The number of rotatable bonds is 1. The first-order chi connectivity index (χ1) is 14.9.